The Labute approximate surface area is 197 Å². The molecule has 8 nitrogen and oxygen atoms in total. The summed E-state index contributed by atoms with van der Waals surface area (Å²) in [5.74, 6) is -4.49. The molecule has 35 heavy (non-hydrogen) atoms. The van der Waals surface area contributed by atoms with Crippen LogP contribution in [-0.4, -0.2) is 60.6 Å². The molecule has 1 aliphatic rings. The molecule has 0 radical (unpaired) electrons. The Balaban J connectivity index is 1.60. The molecule has 1 amide bonds. The SMILES string of the molecule is C[C@@H]1CC(F)(F)CN(C(=O)c2cn(C)nc2-c2ccccn2)C1CNc1ncc(C(F)(F)F)cn1. The zero-order chi connectivity index (χ0) is 25.4. The number of anilines is 1. The van der Waals surface area contributed by atoms with Gasteiger partial charge in [-0.15, -0.1) is 0 Å². The van der Waals surface area contributed by atoms with Gasteiger partial charge in [0.25, 0.3) is 11.8 Å². The molecule has 0 aliphatic carbocycles. The molecule has 3 aromatic rings. The molecule has 4 heterocycles. The van der Waals surface area contributed by atoms with Gasteiger partial charge in [0, 0.05) is 44.8 Å². The number of amides is 1. The van der Waals surface area contributed by atoms with E-state index in [1.807, 2.05) is 0 Å². The minimum atomic E-state index is -4.58. The Morgan fingerprint density at radius 3 is 2.54 bits per heavy atom. The van der Waals surface area contributed by atoms with Crippen molar-refractivity contribution in [1.82, 2.24) is 29.6 Å². The summed E-state index contributed by atoms with van der Waals surface area (Å²) in [4.78, 5) is 26.1. The Kier molecular flexibility index (Phi) is 6.43. The second-order valence-corrected chi connectivity index (χ2v) is 8.49. The topological polar surface area (TPSA) is 88.8 Å². The number of nitrogens with zero attached hydrogens (tertiary/aromatic N) is 6. The molecule has 0 spiro atoms. The summed E-state index contributed by atoms with van der Waals surface area (Å²) in [5, 5.41) is 7.07. The van der Waals surface area contributed by atoms with Crippen molar-refractivity contribution in [1.29, 1.82) is 0 Å². The second-order valence-electron chi connectivity index (χ2n) is 8.49. The molecule has 13 heteroatoms. The number of nitrogens with one attached hydrogen (secondary N) is 1. The summed E-state index contributed by atoms with van der Waals surface area (Å²) in [6.45, 7) is 0.747. The number of likely N-dealkylation sites (tertiary alicyclic amines) is 1. The number of aromatic nitrogens is 5. The third-order valence-corrected chi connectivity index (χ3v) is 5.76. The number of hydrogen-bond acceptors (Lipinski definition) is 6. The zero-order valence-corrected chi connectivity index (χ0v) is 18.8. The van der Waals surface area contributed by atoms with Crippen LogP contribution in [-0.2, 0) is 13.2 Å². The van der Waals surface area contributed by atoms with E-state index in [-0.39, 0.29) is 23.8 Å². The maximum Gasteiger partial charge on any atom is 0.419 e. The Morgan fingerprint density at radius 1 is 1.20 bits per heavy atom. The number of aryl methyl sites for hydroxylation is 1. The van der Waals surface area contributed by atoms with Gasteiger partial charge in [-0.3, -0.25) is 14.5 Å². The highest BCUT2D eigenvalue weighted by atomic mass is 19.4. The van der Waals surface area contributed by atoms with Crippen LogP contribution in [0.4, 0.5) is 27.9 Å². The van der Waals surface area contributed by atoms with Crippen LogP contribution in [0.2, 0.25) is 0 Å². The number of piperidine rings is 1. The number of hydrogen-bond donors (Lipinski definition) is 1. The van der Waals surface area contributed by atoms with Crippen LogP contribution < -0.4 is 5.32 Å². The van der Waals surface area contributed by atoms with Gasteiger partial charge in [-0.2, -0.15) is 18.3 Å². The van der Waals surface area contributed by atoms with E-state index in [9.17, 15) is 26.7 Å². The van der Waals surface area contributed by atoms with E-state index in [1.54, 1.807) is 32.2 Å². The first-order valence-electron chi connectivity index (χ1n) is 10.7. The average molecular weight is 495 g/mol. The number of halogens is 5. The Morgan fingerprint density at radius 2 is 1.91 bits per heavy atom. The summed E-state index contributed by atoms with van der Waals surface area (Å²) >= 11 is 0. The molecule has 1 unspecified atom stereocenters. The van der Waals surface area contributed by atoms with E-state index in [2.05, 4.69) is 25.4 Å². The highest BCUT2D eigenvalue weighted by Crippen LogP contribution is 2.36. The van der Waals surface area contributed by atoms with Crippen molar-refractivity contribution in [2.24, 2.45) is 13.0 Å². The van der Waals surface area contributed by atoms with Crippen molar-refractivity contribution in [2.45, 2.75) is 31.5 Å². The molecule has 4 rings (SSSR count). The molecule has 2 atom stereocenters. The molecule has 1 aliphatic heterocycles. The molecule has 1 saturated heterocycles. The van der Waals surface area contributed by atoms with Crippen LogP contribution in [0.15, 0.2) is 43.0 Å². The van der Waals surface area contributed by atoms with E-state index >= 15 is 0 Å². The standard InChI is InChI=1S/C22H22F5N7O/c1-13-7-21(23,24)12-34(17(13)10-31-20-29-8-14(9-30-20)22(25,26)27)19(35)15-11-33(2)32-18(15)16-5-3-4-6-28-16/h3-6,8-9,11,13,17H,7,10,12H2,1-2H3,(H,29,30,31)/t13-,17?/m1/s1. The lowest BCUT2D eigenvalue weighted by Crippen LogP contribution is -2.57. The maximum absolute atomic E-state index is 14.5. The minimum Gasteiger partial charge on any atom is -0.352 e. The van der Waals surface area contributed by atoms with Gasteiger partial charge in [0.2, 0.25) is 5.95 Å². The van der Waals surface area contributed by atoms with Gasteiger partial charge in [0.05, 0.1) is 29.4 Å². The van der Waals surface area contributed by atoms with Gasteiger partial charge >= 0.3 is 6.18 Å². The fourth-order valence-electron chi connectivity index (χ4n) is 4.13. The van der Waals surface area contributed by atoms with Crippen molar-refractivity contribution in [3.8, 4) is 11.4 Å². The van der Waals surface area contributed by atoms with Crippen molar-refractivity contribution in [3.63, 3.8) is 0 Å². The normalized spacial score (nSPS) is 20.0. The highest BCUT2D eigenvalue weighted by Gasteiger charge is 2.46. The van der Waals surface area contributed by atoms with Gasteiger partial charge in [0.1, 0.15) is 5.69 Å². The second kappa shape index (κ2) is 9.19. The summed E-state index contributed by atoms with van der Waals surface area (Å²) in [6, 6.07) is 4.38. The Bertz CT molecular complexity index is 1180. The van der Waals surface area contributed by atoms with Crippen LogP contribution in [0, 0.1) is 5.92 Å². The van der Waals surface area contributed by atoms with Gasteiger partial charge in [-0.25, -0.2) is 18.7 Å². The summed E-state index contributed by atoms with van der Waals surface area (Å²) < 4.78 is 68.7. The first kappa shape index (κ1) is 24.5. The lowest BCUT2D eigenvalue weighted by atomic mass is 9.88. The van der Waals surface area contributed by atoms with E-state index in [1.165, 1.54) is 17.1 Å². The number of carbonyl (C=O) groups excluding carboxylic acids is 1. The summed E-state index contributed by atoms with van der Waals surface area (Å²) in [6.07, 6.45) is -0.784. The van der Waals surface area contributed by atoms with Crippen LogP contribution in [0.5, 0.6) is 0 Å². The first-order valence-corrected chi connectivity index (χ1v) is 10.7. The van der Waals surface area contributed by atoms with Crippen LogP contribution in [0.3, 0.4) is 0 Å². The van der Waals surface area contributed by atoms with Crippen molar-refractivity contribution in [3.05, 3.63) is 54.1 Å². The molecule has 0 saturated carbocycles. The number of pyridine rings is 1. The third kappa shape index (κ3) is 5.38. The first-order chi connectivity index (χ1) is 16.4. The number of carbonyl (C=O) groups is 1. The maximum atomic E-state index is 14.5. The van der Waals surface area contributed by atoms with E-state index < -0.39 is 48.5 Å². The van der Waals surface area contributed by atoms with Crippen LogP contribution in [0.25, 0.3) is 11.4 Å². The fraction of sp³-hybridized carbons (Fsp3) is 0.409. The molecular formula is C22H22F5N7O. The molecular weight excluding hydrogens is 473 g/mol. The van der Waals surface area contributed by atoms with E-state index in [0.717, 1.165) is 4.90 Å². The Hall–Kier alpha value is -3.64. The molecule has 0 aromatic carbocycles. The fourth-order valence-corrected chi connectivity index (χ4v) is 4.13. The zero-order valence-electron chi connectivity index (χ0n) is 18.8. The quantitative estimate of drug-likeness (QED) is 0.541. The lowest BCUT2D eigenvalue weighted by molar-refractivity contribution is -0.138. The van der Waals surface area contributed by atoms with E-state index in [4.69, 9.17) is 0 Å². The molecule has 3 aromatic heterocycles. The predicted molar refractivity (Wildman–Crippen MR) is 116 cm³/mol. The van der Waals surface area contributed by atoms with Gasteiger partial charge in [0.15, 0.2) is 0 Å². The van der Waals surface area contributed by atoms with Crippen molar-refractivity contribution in [2.75, 3.05) is 18.4 Å². The minimum absolute atomic E-state index is 0.0342. The number of rotatable bonds is 5. The van der Waals surface area contributed by atoms with Crippen LogP contribution in [0.1, 0.15) is 29.3 Å². The molecule has 0 bridgehead atoms. The lowest BCUT2D eigenvalue weighted by Gasteiger charge is -2.43. The largest absolute Gasteiger partial charge is 0.419 e. The predicted octanol–water partition coefficient (Wildman–Crippen LogP) is 3.89. The van der Waals surface area contributed by atoms with E-state index in [0.29, 0.717) is 18.1 Å². The van der Waals surface area contributed by atoms with Crippen LogP contribution >= 0.6 is 0 Å². The monoisotopic (exact) mass is 495 g/mol. The van der Waals surface area contributed by atoms with Crippen molar-refractivity contribution < 1.29 is 26.7 Å². The smallest absolute Gasteiger partial charge is 0.352 e. The molecule has 1 fully saturated rings. The average Bonchev–Trinajstić information content (AvgIpc) is 3.19. The molecule has 1 N–H and O–H groups in total. The van der Waals surface area contributed by atoms with Gasteiger partial charge in [-0.05, 0) is 18.1 Å². The number of alkyl halides is 5. The van der Waals surface area contributed by atoms with Crippen molar-refractivity contribution >= 4 is 11.9 Å². The summed E-state index contributed by atoms with van der Waals surface area (Å²) in [7, 11) is 1.61. The molecule has 186 valence electrons. The van der Waals surface area contributed by atoms with Gasteiger partial charge in [-0.1, -0.05) is 13.0 Å². The third-order valence-electron chi connectivity index (χ3n) is 5.76. The summed E-state index contributed by atoms with van der Waals surface area (Å²) in [5.41, 5.74) is -0.213. The van der Waals surface area contributed by atoms with Gasteiger partial charge < -0.3 is 10.2 Å². The highest BCUT2D eigenvalue weighted by molar-refractivity contribution is 5.99.